The van der Waals surface area contributed by atoms with Gasteiger partial charge in [0.05, 0.1) is 7.11 Å². The molecule has 0 radical (unpaired) electrons. The number of hydrogen-bond acceptors (Lipinski definition) is 3. The smallest absolute Gasteiger partial charge is 0.331 e. The number of methoxy groups -OCH3 is 1. The van der Waals surface area contributed by atoms with E-state index in [0.717, 1.165) is 24.9 Å². The predicted octanol–water partition coefficient (Wildman–Crippen LogP) is 3.48. The van der Waals surface area contributed by atoms with Crippen molar-refractivity contribution >= 4 is 23.3 Å². The van der Waals surface area contributed by atoms with Crippen LogP contribution >= 0.6 is 11.6 Å². The standard InChI is InChI=1S/C15H18ClNO2/c1-19-14(18)15(9-10-5-6-11(15)7-10)17-13-4-2-3-12(16)8-13/h2-4,8,10-11,17H,5-7,9H2,1H3. The van der Waals surface area contributed by atoms with Gasteiger partial charge in [0, 0.05) is 10.7 Å². The van der Waals surface area contributed by atoms with Gasteiger partial charge >= 0.3 is 5.97 Å². The SMILES string of the molecule is COC(=O)C1(Nc2cccc(Cl)c2)CC2CCC1C2. The molecule has 1 N–H and O–H groups in total. The van der Waals surface area contributed by atoms with Gasteiger partial charge in [-0.3, -0.25) is 0 Å². The second-order valence-electron chi connectivity index (χ2n) is 5.68. The van der Waals surface area contributed by atoms with Gasteiger partial charge in [0.15, 0.2) is 0 Å². The molecule has 2 fully saturated rings. The topological polar surface area (TPSA) is 38.3 Å². The van der Waals surface area contributed by atoms with E-state index in [1.807, 2.05) is 24.3 Å². The first-order valence-corrected chi connectivity index (χ1v) is 7.14. The Morgan fingerprint density at radius 3 is 2.89 bits per heavy atom. The molecule has 2 aliphatic rings. The number of rotatable bonds is 3. The molecule has 0 saturated heterocycles. The molecule has 0 amide bonds. The second-order valence-corrected chi connectivity index (χ2v) is 6.11. The van der Waals surface area contributed by atoms with Crippen molar-refractivity contribution in [1.29, 1.82) is 0 Å². The number of ether oxygens (including phenoxy) is 1. The van der Waals surface area contributed by atoms with Crippen LogP contribution in [0.3, 0.4) is 0 Å². The van der Waals surface area contributed by atoms with Crippen molar-refractivity contribution < 1.29 is 9.53 Å². The molecule has 0 aromatic heterocycles. The van der Waals surface area contributed by atoms with Gasteiger partial charge in [0.25, 0.3) is 0 Å². The molecule has 102 valence electrons. The Kier molecular flexibility index (Phi) is 3.17. The molecule has 3 unspecified atom stereocenters. The monoisotopic (exact) mass is 279 g/mol. The van der Waals surface area contributed by atoms with Gasteiger partial charge < -0.3 is 10.1 Å². The summed E-state index contributed by atoms with van der Waals surface area (Å²) in [4.78, 5) is 12.3. The largest absolute Gasteiger partial charge is 0.467 e. The summed E-state index contributed by atoms with van der Waals surface area (Å²) in [6.07, 6.45) is 4.34. The molecular weight excluding hydrogens is 262 g/mol. The van der Waals surface area contributed by atoms with Crippen LogP contribution < -0.4 is 5.32 Å². The summed E-state index contributed by atoms with van der Waals surface area (Å²) >= 11 is 6.01. The lowest BCUT2D eigenvalue weighted by Crippen LogP contribution is -2.51. The van der Waals surface area contributed by atoms with Crippen molar-refractivity contribution in [2.24, 2.45) is 11.8 Å². The fourth-order valence-corrected chi connectivity index (χ4v) is 3.98. The first-order valence-electron chi connectivity index (χ1n) is 6.76. The van der Waals surface area contributed by atoms with Crippen LogP contribution in [0.25, 0.3) is 0 Å². The minimum Gasteiger partial charge on any atom is -0.467 e. The number of esters is 1. The molecule has 2 saturated carbocycles. The fraction of sp³-hybridized carbons (Fsp3) is 0.533. The Bertz CT molecular complexity index is 505. The molecule has 1 aromatic carbocycles. The van der Waals surface area contributed by atoms with E-state index in [1.165, 1.54) is 13.5 Å². The highest BCUT2D eigenvalue weighted by molar-refractivity contribution is 6.30. The van der Waals surface area contributed by atoms with Crippen molar-refractivity contribution in [3.05, 3.63) is 29.3 Å². The number of fused-ring (bicyclic) bond motifs is 2. The molecule has 3 nitrogen and oxygen atoms in total. The molecule has 3 rings (SSSR count). The molecule has 19 heavy (non-hydrogen) atoms. The zero-order chi connectivity index (χ0) is 13.5. The van der Waals surface area contributed by atoms with E-state index < -0.39 is 5.54 Å². The summed E-state index contributed by atoms with van der Waals surface area (Å²) in [6.45, 7) is 0. The number of anilines is 1. The van der Waals surface area contributed by atoms with Crippen LogP contribution in [0.5, 0.6) is 0 Å². The van der Waals surface area contributed by atoms with E-state index >= 15 is 0 Å². The number of benzene rings is 1. The van der Waals surface area contributed by atoms with Gasteiger partial charge in [-0.05, 0) is 55.7 Å². The average molecular weight is 280 g/mol. The summed E-state index contributed by atoms with van der Waals surface area (Å²) in [5.41, 5.74) is 0.341. The fourth-order valence-electron chi connectivity index (χ4n) is 3.79. The van der Waals surface area contributed by atoms with Crippen LogP contribution in [0.1, 0.15) is 25.7 Å². The van der Waals surface area contributed by atoms with Crippen molar-refractivity contribution in [3.8, 4) is 0 Å². The van der Waals surface area contributed by atoms with Crippen molar-refractivity contribution in [1.82, 2.24) is 0 Å². The average Bonchev–Trinajstić information content (AvgIpc) is 2.98. The van der Waals surface area contributed by atoms with E-state index in [4.69, 9.17) is 16.3 Å². The van der Waals surface area contributed by atoms with E-state index in [0.29, 0.717) is 16.9 Å². The zero-order valence-electron chi connectivity index (χ0n) is 11.0. The summed E-state index contributed by atoms with van der Waals surface area (Å²) < 4.78 is 5.06. The number of carbonyl (C=O) groups excluding carboxylic acids is 1. The normalized spacial score (nSPS) is 32.3. The van der Waals surface area contributed by atoms with Gasteiger partial charge in [-0.1, -0.05) is 17.7 Å². The third-order valence-electron chi connectivity index (χ3n) is 4.59. The molecule has 0 heterocycles. The minimum atomic E-state index is -0.553. The summed E-state index contributed by atoms with van der Waals surface area (Å²) in [5.74, 6) is 0.888. The molecule has 0 aliphatic heterocycles. The van der Waals surface area contributed by atoms with Crippen LogP contribution in [0, 0.1) is 11.8 Å². The maximum absolute atomic E-state index is 12.3. The van der Waals surface area contributed by atoms with Gasteiger partial charge in [-0.25, -0.2) is 4.79 Å². The van der Waals surface area contributed by atoms with Gasteiger partial charge in [-0.15, -0.1) is 0 Å². The first-order chi connectivity index (χ1) is 9.14. The summed E-state index contributed by atoms with van der Waals surface area (Å²) in [6, 6.07) is 7.53. The highest BCUT2D eigenvalue weighted by Gasteiger charge is 2.56. The quantitative estimate of drug-likeness (QED) is 0.861. The van der Waals surface area contributed by atoms with E-state index in [-0.39, 0.29) is 5.97 Å². The molecular formula is C15H18ClNO2. The Labute approximate surface area is 118 Å². The van der Waals surface area contributed by atoms with Crippen LogP contribution in [0.4, 0.5) is 5.69 Å². The van der Waals surface area contributed by atoms with Gasteiger partial charge in [0.2, 0.25) is 0 Å². The Morgan fingerprint density at radius 2 is 2.32 bits per heavy atom. The Morgan fingerprint density at radius 1 is 1.47 bits per heavy atom. The minimum absolute atomic E-state index is 0.139. The molecule has 4 heteroatoms. The van der Waals surface area contributed by atoms with Crippen LogP contribution in [-0.2, 0) is 9.53 Å². The van der Waals surface area contributed by atoms with Crippen molar-refractivity contribution in [2.45, 2.75) is 31.2 Å². The van der Waals surface area contributed by atoms with E-state index in [2.05, 4.69) is 5.32 Å². The molecule has 2 bridgehead atoms. The lowest BCUT2D eigenvalue weighted by Gasteiger charge is -2.36. The summed E-state index contributed by atoms with van der Waals surface area (Å²) in [7, 11) is 1.47. The predicted molar refractivity (Wildman–Crippen MR) is 75.3 cm³/mol. The molecule has 3 atom stereocenters. The number of halogens is 1. The molecule has 2 aliphatic carbocycles. The van der Waals surface area contributed by atoms with Crippen LogP contribution in [-0.4, -0.2) is 18.6 Å². The Balaban J connectivity index is 1.91. The van der Waals surface area contributed by atoms with Gasteiger partial charge in [0.1, 0.15) is 5.54 Å². The Hall–Kier alpha value is -1.22. The first kappa shape index (κ1) is 12.8. The van der Waals surface area contributed by atoms with E-state index in [1.54, 1.807) is 0 Å². The maximum atomic E-state index is 12.3. The highest BCUT2D eigenvalue weighted by Crippen LogP contribution is 2.52. The zero-order valence-corrected chi connectivity index (χ0v) is 11.7. The number of carbonyl (C=O) groups is 1. The third kappa shape index (κ3) is 2.10. The molecule has 1 aromatic rings. The van der Waals surface area contributed by atoms with Crippen molar-refractivity contribution in [2.75, 3.05) is 12.4 Å². The van der Waals surface area contributed by atoms with Crippen LogP contribution in [0.2, 0.25) is 5.02 Å². The van der Waals surface area contributed by atoms with Gasteiger partial charge in [-0.2, -0.15) is 0 Å². The van der Waals surface area contributed by atoms with Crippen LogP contribution in [0.15, 0.2) is 24.3 Å². The van der Waals surface area contributed by atoms with E-state index in [9.17, 15) is 4.79 Å². The third-order valence-corrected chi connectivity index (χ3v) is 4.83. The molecule has 0 spiro atoms. The van der Waals surface area contributed by atoms with Crippen molar-refractivity contribution in [3.63, 3.8) is 0 Å². The summed E-state index contributed by atoms with van der Waals surface area (Å²) in [5, 5.41) is 4.09. The lowest BCUT2D eigenvalue weighted by atomic mass is 9.80. The lowest BCUT2D eigenvalue weighted by molar-refractivity contribution is -0.148. The maximum Gasteiger partial charge on any atom is 0.331 e. The number of hydrogen-bond donors (Lipinski definition) is 1. The highest BCUT2D eigenvalue weighted by atomic mass is 35.5. The second kappa shape index (κ2) is 4.71. The number of nitrogens with one attached hydrogen (secondary N) is 1.